The average Bonchev–Trinajstić information content (AvgIpc) is 2.98. The Morgan fingerprint density at radius 2 is 2.14 bits per heavy atom. The molecule has 1 amide bonds. The summed E-state index contributed by atoms with van der Waals surface area (Å²) in [6.45, 7) is 4.00. The number of hydrogen-bond acceptors (Lipinski definition) is 3. The lowest BCUT2D eigenvalue weighted by Gasteiger charge is -2.39. The van der Waals surface area contributed by atoms with Crippen LogP contribution in [0.1, 0.15) is 50.1 Å². The zero-order chi connectivity index (χ0) is 15.4. The predicted molar refractivity (Wildman–Crippen MR) is 78.0 cm³/mol. The van der Waals surface area contributed by atoms with Gasteiger partial charge in [-0.15, -0.1) is 0 Å². The number of carboxylic acid groups (broad SMARTS) is 1. The van der Waals surface area contributed by atoms with Crippen molar-refractivity contribution in [2.75, 3.05) is 6.54 Å². The predicted octanol–water partition coefficient (Wildman–Crippen LogP) is 3.02. The van der Waals surface area contributed by atoms with Crippen molar-refractivity contribution >= 4 is 11.9 Å². The smallest absolute Gasteiger partial charge is 0.308 e. The van der Waals surface area contributed by atoms with Crippen molar-refractivity contribution in [1.29, 1.82) is 0 Å². The minimum absolute atomic E-state index is 0.0955. The molecule has 5 nitrogen and oxygen atoms in total. The first-order valence-electron chi connectivity index (χ1n) is 7.58. The highest BCUT2D eigenvalue weighted by molar-refractivity contribution is 5.92. The molecule has 1 saturated carbocycles. The zero-order valence-corrected chi connectivity index (χ0v) is 12.6. The Morgan fingerprint density at radius 3 is 2.71 bits per heavy atom. The van der Waals surface area contributed by atoms with Crippen LogP contribution in [0.4, 0.5) is 0 Å². The van der Waals surface area contributed by atoms with Gasteiger partial charge in [-0.05, 0) is 30.9 Å². The maximum atomic E-state index is 12.6. The van der Waals surface area contributed by atoms with Gasteiger partial charge in [0.1, 0.15) is 0 Å². The van der Waals surface area contributed by atoms with Crippen molar-refractivity contribution in [2.24, 2.45) is 11.8 Å². The van der Waals surface area contributed by atoms with Crippen molar-refractivity contribution in [1.82, 2.24) is 4.90 Å². The molecular formula is C16H23NO4. The first-order chi connectivity index (χ1) is 10.0. The van der Waals surface area contributed by atoms with Crippen molar-refractivity contribution in [3.8, 4) is 0 Å². The summed E-state index contributed by atoms with van der Waals surface area (Å²) >= 11 is 0. The second-order valence-corrected chi connectivity index (χ2v) is 6.00. The van der Waals surface area contributed by atoms with Gasteiger partial charge in [0.2, 0.25) is 0 Å². The van der Waals surface area contributed by atoms with Crippen molar-refractivity contribution in [3.63, 3.8) is 0 Å². The third-order valence-corrected chi connectivity index (χ3v) is 4.35. The van der Waals surface area contributed by atoms with E-state index in [-0.39, 0.29) is 24.3 Å². The number of aliphatic carboxylic acids is 1. The molecule has 1 N–H and O–H groups in total. The molecule has 5 heteroatoms. The van der Waals surface area contributed by atoms with E-state index in [9.17, 15) is 9.59 Å². The highest BCUT2D eigenvalue weighted by Gasteiger charge is 2.33. The molecule has 1 aliphatic rings. The van der Waals surface area contributed by atoms with Gasteiger partial charge < -0.3 is 14.4 Å². The molecule has 1 heterocycles. The Morgan fingerprint density at radius 1 is 1.43 bits per heavy atom. The topological polar surface area (TPSA) is 70.8 Å². The summed E-state index contributed by atoms with van der Waals surface area (Å²) < 4.78 is 5.21. The Balaban J connectivity index is 2.20. The second-order valence-electron chi connectivity index (χ2n) is 6.00. The van der Waals surface area contributed by atoms with E-state index in [4.69, 9.17) is 9.52 Å². The van der Waals surface area contributed by atoms with Gasteiger partial charge in [0.25, 0.3) is 5.91 Å². The second kappa shape index (κ2) is 6.78. The Labute approximate surface area is 124 Å². The quantitative estimate of drug-likeness (QED) is 0.906. The van der Waals surface area contributed by atoms with Crippen LogP contribution in [-0.2, 0) is 4.79 Å². The molecule has 0 saturated heterocycles. The Kier molecular flexibility index (Phi) is 5.04. The number of carbonyl (C=O) groups is 2. The summed E-state index contributed by atoms with van der Waals surface area (Å²) in [5, 5.41) is 9.15. The fourth-order valence-corrected chi connectivity index (χ4v) is 3.04. The fourth-order valence-electron chi connectivity index (χ4n) is 3.04. The first-order valence-corrected chi connectivity index (χ1v) is 7.58. The summed E-state index contributed by atoms with van der Waals surface area (Å²) in [7, 11) is 0. The van der Waals surface area contributed by atoms with Crippen LogP contribution < -0.4 is 0 Å². The van der Waals surface area contributed by atoms with Crippen LogP contribution in [0.2, 0.25) is 0 Å². The lowest BCUT2D eigenvalue weighted by Crippen LogP contribution is -2.48. The fraction of sp³-hybridized carbons (Fsp3) is 0.625. The van der Waals surface area contributed by atoms with Gasteiger partial charge in [0.05, 0.1) is 12.2 Å². The molecule has 0 bridgehead atoms. The number of nitrogens with zero attached hydrogens (tertiary/aromatic N) is 1. The normalized spacial score (nSPS) is 23.5. The molecule has 1 fully saturated rings. The van der Waals surface area contributed by atoms with Gasteiger partial charge in [-0.3, -0.25) is 9.59 Å². The number of furan rings is 1. The van der Waals surface area contributed by atoms with Crippen molar-refractivity contribution in [2.45, 2.75) is 45.6 Å². The van der Waals surface area contributed by atoms with Crippen LogP contribution >= 0.6 is 0 Å². The van der Waals surface area contributed by atoms with Gasteiger partial charge in [0, 0.05) is 12.6 Å². The minimum atomic E-state index is -0.879. The molecule has 1 aromatic rings. The Bertz CT molecular complexity index is 482. The van der Waals surface area contributed by atoms with Gasteiger partial charge in [-0.25, -0.2) is 0 Å². The summed E-state index contributed by atoms with van der Waals surface area (Å²) in [6, 6.07) is 3.41. The first kappa shape index (κ1) is 15.6. The van der Waals surface area contributed by atoms with Gasteiger partial charge in [0.15, 0.2) is 5.76 Å². The summed E-state index contributed by atoms with van der Waals surface area (Å²) in [4.78, 5) is 25.5. The largest absolute Gasteiger partial charge is 0.481 e. The SMILES string of the molecule is CC(CN(C(=O)c1ccco1)C1CCCCC1C)C(=O)O. The van der Waals surface area contributed by atoms with E-state index in [1.165, 1.54) is 12.7 Å². The molecule has 0 radical (unpaired) electrons. The summed E-state index contributed by atoms with van der Waals surface area (Å²) in [5.41, 5.74) is 0. The number of hydrogen-bond donors (Lipinski definition) is 1. The summed E-state index contributed by atoms with van der Waals surface area (Å²) in [5.74, 6) is -0.996. The van der Waals surface area contributed by atoms with E-state index in [2.05, 4.69) is 6.92 Å². The third kappa shape index (κ3) is 3.65. The van der Waals surface area contributed by atoms with Crippen LogP contribution in [0.15, 0.2) is 22.8 Å². The molecular weight excluding hydrogens is 270 g/mol. The minimum Gasteiger partial charge on any atom is -0.481 e. The van der Waals surface area contributed by atoms with Crippen molar-refractivity contribution in [3.05, 3.63) is 24.2 Å². The molecule has 3 atom stereocenters. The number of carboxylic acids is 1. The maximum Gasteiger partial charge on any atom is 0.308 e. The van der Waals surface area contributed by atoms with E-state index in [1.54, 1.807) is 24.0 Å². The lowest BCUT2D eigenvalue weighted by molar-refractivity contribution is -0.141. The van der Waals surface area contributed by atoms with E-state index in [0.717, 1.165) is 19.3 Å². The van der Waals surface area contributed by atoms with Crippen LogP contribution in [0.25, 0.3) is 0 Å². The molecule has 0 aliphatic heterocycles. The maximum absolute atomic E-state index is 12.6. The lowest BCUT2D eigenvalue weighted by atomic mass is 9.84. The van der Waals surface area contributed by atoms with E-state index in [0.29, 0.717) is 5.92 Å². The highest BCUT2D eigenvalue weighted by atomic mass is 16.4. The molecule has 0 aromatic carbocycles. The molecule has 116 valence electrons. The van der Waals surface area contributed by atoms with Crippen LogP contribution in [0.5, 0.6) is 0 Å². The van der Waals surface area contributed by atoms with Crippen LogP contribution in [0, 0.1) is 11.8 Å². The molecule has 0 spiro atoms. The molecule has 21 heavy (non-hydrogen) atoms. The average molecular weight is 293 g/mol. The van der Waals surface area contributed by atoms with Crippen LogP contribution in [-0.4, -0.2) is 34.5 Å². The third-order valence-electron chi connectivity index (χ3n) is 4.35. The monoisotopic (exact) mass is 293 g/mol. The molecule has 1 aliphatic carbocycles. The van der Waals surface area contributed by atoms with Gasteiger partial charge in [-0.2, -0.15) is 0 Å². The molecule has 3 unspecified atom stereocenters. The summed E-state index contributed by atoms with van der Waals surface area (Å²) in [6.07, 6.45) is 5.73. The van der Waals surface area contributed by atoms with E-state index < -0.39 is 11.9 Å². The Hall–Kier alpha value is -1.78. The molecule has 1 aromatic heterocycles. The van der Waals surface area contributed by atoms with E-state index in [1.807, 2.05) is 0 Å². The van der Waals surface area contributed by atoms with Gasteiger partial charge in [-0.1, -0.05) is 26.7 Å². The molecule has 2 rings (SSSR count). The standard InChI is InChI=1S/C16H23NO4/c1-11-6-3-4-7-13(11)17(10-12(2)16(19)20)15(18)14-8-5-9-21-14/h5,8-9,11-13H,3-4,6-7,10H2,1-2H3,(H,19,20). The zero-order valence-electron chi connectivity index (χ0n) is 12.6. The van der Waals surface area contributed by atoms with Crippen LogP contribution in [0.3, 0.4) is 0 Å². The number of amides is 1. The van der Waals surface area contributed by atoms with E-state index >= 15 is 0 Å². The highest BCUT2D eigenvalue weighted by Crippen LogP contribution is 2.29. The number of rotatable bonds is 5. The number of carbonyl (C=O) groups excluding carboxylic acids is 1. The van der Waals surface area contributed by atoms with Gasteiger partial charge >= 0.3 is 5.97 Å². The van der Waals surface area contributed by atoms with Crippen molar-refractivity contribution < 1.29 is 19.1 Å².